The van der Waals surface area contributed by atoms with Crippen LogP contribution in [0, 0.1) is 17.8 Å². The second-order valence-electron chi connectivity index (χ2n) is 8.72. The molecule has 6 heteroatoms. The van der Waals surface area contributed by atoms with Crippen LogP contribution in [0.25, 0.3) is 0 Å². The molecule has 0 saturated heterocycles. The van der Waals surface area contributed by atoms with Gasteiger partial charge in [0.05, 0.1) is 36.5 Å². The van der Waals surface area contributed by atoms with Gasteiger partial charge in [0.15, 0.2) is 0 Å². The van der Waals surface area contributed by atoms with Gasteiger partial charge in [-0.15, -0.1) is 0 Å². The first-order valence-electron chi connectivity index (χ1n) is 10.8. The van der Waals surface area contributed by atoms with Crippen LogP contribution >= 0.6 is 0 Å². The zero-order chi connectivity index (χ0) is 22.7. The molecule has 30 heavy (non-hydrogen) atoms. The van der Waals surface area contributed by atoms with Crippen molar-refractivity contribution < 1.29 is 28.6 Å². The minimum Gasteiger partial charge on any atom is -0.462 e. The van der Waals surface area contributed by atoms with Crippen LogP contribution in [0.15, 0.2) is 18.2 Å². The van der Waals surface area contributed by atoms with Gasteiger partial charge in [0.1, 0.15) is 0 Å². The van der Waals surface area contributed by atoms with Crippen LogP contribution in [0.1, 0.15) is 91.9 Å². The molecule has 1 aromatic rings. The summed E-state index contributed by atoms with van der Waals surface area (Å²) < 4.78 is 15.9. The van der Waals surface area contributed by atoms with Gasteiger partial charge in [0.2, 0.25) is 0 Å². The summed E-state index contributed by atoms with van der Waals surface area (Å²) in [6, 6.07) is 4.26. The normalized spacial score (nSPS) is 11.1. The summed E-state index contributed by atoms with van der Waals surface area (Å²) in [6.07, 6.45) is 2.17. The predicted molar refractivity (Wildman–Crippen MR) is 116 cm³/mol. The molecular formula is C24H36O6. The molecule has 0 amide bonds. The third-order valence-corrected chi connectivity index (χ3v) is 4.48. The summed E-state index contributed by atoms with van der Waals surface area (Å²) >= 11 is 0. The lowest BCUT2D eigenvalue weighted by Crippen LogP contribution is -2.17. The first-order chi connectivity index (χ1) is 14.1. The van der Waals surface area contributed by atoms with Crippen LogP contribution in [-0.4, -0.2) is 37.7 Å². The summed E-state index contributed by atoms with van der Waals surface area (Å²) in [6.45, 7) is 13.0. The molecule has 0 spiro atoms. The molecule has 0 atom stereocenters. The maximum absolute atomic E-state index is 12.6. The molecule has 1 rings (SSSR count). The Hall–Kier alpha value is -2.37. The lowest BCUT2D eigenvalue weighted by Gasteiger charge is -2.13. The van der Waals surface area contributed by atoms with Crippen molar-refractivity contribution in [2.75, 3.05) is 19.8 Å². The molecule has 0 heterocycles. The van der Waals surface area contributed by atoms with E-state index in [1.165, 1.54) is 18.2 Å². The van der Waals surface area contributed by atoms with Gasteiger partial charge in [-0.3, -0.25) is 0 Å². The van der Waals surface area contributed by atoms with Gasteiger partial charge in [0.25, 0.3) is 0 Å². The van der Waals surface area contributed by atoms with E-state index in [0.717, 1.165) is 12.8 Å². The Bertz CT molecular complexity index is 706. The van der Waals surface area contributed by atoms with E-state index in [9.17, 15) is 14.4 Å². The monoisotopic (exact) mass is 420 g/mol. The molecule has 0 bridgehead atoms. The molecule has 0 radical (unpaired) electrons. The van der Waals surface area contributed by atoms with Crippen LogP contribution in [0.5, 0.6) is 0 Å². The third kappa shape index (κ3) is 9.42. The lowest BCUT2D eigenvalue weighted by atomic mass is 10.0. The fourth-order valence-corrected chi connectivity index (χ4v) is 2.42. The van der Waals surface area contributed by atoms with E-state index < -0.39 is 17.9 Å². The molecule has 1 aromatic carbocycles. The van der Waals surface area contributed by atoms with E-state index in [1.54, 1.807) is 0 Å². The van der Waals surface area contributed by atoms with Crippen molar-refractivity contribution >= 4 is 17.9 Å². The van der Waals surface area contributed by atoms with Crippen molar-refractivity contribution in [3.05, 3.63) is 34.9 Å². The van der Waals surface area contributed by atoms with E-state index in [1.807, 2.05) is 41.5 Å². The Morgan fingerprint density at radius 1 is 0.633 bits per heavy atom. The highest BCUT2D eigenvalue weighted by atomic mass is 16.5. The van der Waals surface area contributed by atoms with E-state index in [2.05, 4.69) is 0 Å². The Kier molecular flexibility index (Phi) is 11.2. The standard InChI is InChI=1S/C24H36O6/c1-16(2)9-12-28-22(25)19-7-8-20(23(26)29-13-10-17(3)4)21(15-19)24(27)30-14-11-18(5)6/h7-8,15-18H,9-14H2,1-6H3. The summed E-state index contributed by atoms with van der Waals surface area (Å²) in [5.41, 5.74) is 0.312. The molecule has 0 aliphatic heterocycles. The largest absolute Gasteiger partial charge is 0.462 e. The zero-order valence-corrected chi connectivity index (χ0v) is 19.2. The Morgan fingerprint density at radius 3 is 1.47 bits per heavy atom. The highest BCUT2D eigenvalue weighted by molar-refractivity contribution is 6.05. The second-order valence-corrected chi connectivity index (χ2v) is 8.72. The van der Waals surface area contributed by atoms with Crippen LogP contribution in [0.4, 0.5) is 0 Å². The smallest absolute Gasteiger partial charge is 0.339 e. The maximum Gasteiger partial charge on any atom is 0.339 e. The van der Waals surface area contributed by atoms with E-state index >= 15 is 0 Å². The van der Waals surface area contributed by atoms with Gasteiger partial charge in [-0.25, -0.2) is 14.4 Å². The number of benzene rings is 1. The number of carbonyl (C=O) groups is 3. The van der Waals surface area contributed by atoms with Crippen molar-refractivity contribution in [2.45, 2.75) is 60.8 Å². The fraction of sp³-hybridized carbons (Fsp3) is 0.625. The molecule has 0 fully saturated rings. The minimum atomic E-state index is -0.650. The number of rotatable bonds is 12. The molecule has 0 saturated carbocycles. The molecule has 0 aliphatic carbocycles. The predicted octanol–water partition coefficient (Wildman–Crippen LogP) is 5.30. The highest BCUT2D eigenvalue weighted by Gasteiger charge is 2.22. The molecule has 168 valence electrons. The van der Waals surface area contributed by atoms with Crippen molar-refractivity contribution in [1.82, 2.24) is 0 Å². The number of ether oxygens (including phenoxy) is 3. The van der Waals surface area contributed by atoms with Crippen molar-refractivity contribution in [3.8, 4) is 0 Å². The topological polar surface area (TPSA) is 78.9 Å². The fourth-order valence-electron chi connectivity index (χ4n) is 2.42. The maximum atomic E-state index is 12.6. The number of esters is 3. The molecule has 0 aliphatic rings. The molecule has 0 N–H and O–H groups in total. The highest BCUT2D eigenvalue weighted by Crippen LogP contribution is 2.17. The van der Waals surface area contributed by atoms with Crippen molar-refractivity contribution in [2.24, 2.45) is 17.8 Å². The number of carbonyl (C=O) groups excluding carboxylic acids is 3. The van der Waals surface area contributed by atoms with Gasteiger partial charge < -0.3 is 14.2 Å². The summed E-state index contributed by atoms with van der Waals surface area (Å²) in [5, 5.41) is 0. The van der Waals surface area contributed by atoms with Crippen LogP contribution in [0.2, 0.25) is 0 Å². The van der Waals surface area contributed by atoms with Gasteiger partial charge in [0, 0.05) is 0 Å². The average Bonchev–Trinajstić information content (AvgIpc) is 2.66. The van der Waals surface area contributed by atoms with E-state index in [-0.39, 0.29) is 29.9 Å². The minimum absolute atomic E-state index is 0.0200. The van der Waals surface area contributed by atoms with Gasteiger partial charge in [-0.2, -0.15) is 0 Å². The summed E-state index contributed by atoms with van der Waals surface area (Å²) in [4.78, 5) is 37.5. The van der Waals surface area contributed by atoms with Gasteiger partial charge >= 0.3 is 17.9 Å². The van der Waals surface area contributed by atoms with E-state index in [4.69, 9.17) is 14.2 Å². The van der Waals surface area contributed by atoms with Gasteiger partial charge in [-0.05, 0) is 55.2 Å². The Labute approximate surface area is 180 Å². The molecule has 6 nitrogen and oxygen atoms in total. The Morgan fingerprint density at radius 2 is 1.03 bits per heavy atom. The van der Waals surface area contributed by atoms with Crippen LogP contribution in [-0.2, 0) is 14.2 Å². The van der Waals surface area contributed by atoms with E-state index in [0.29, 0.717) is 30.8 Å². The number of hydrogen-bond acceptors (Lipinski definition) is 6. The Balaban J connectivity index is 3.00. The van der Waals surface area contributed by atoms with Crippen molar-refractivity contribution in [1.29, 1.82) is 0 Å². The second kappa shape index (κ2) is 13.0. The molecular weight excluding hydrogens is 384 g/mol. The van der Waals surface area contributed by atoms with Crippen LogP contribution in [0.3, 0.4) is 0 Å². The SMILES string of the molecule is CC(C)CCOC(=O)c1ccc(C(=O)OCCC(C)C)c(C(=O)OCCC(C)C)c1. The summed E-state index contributed by atoms with van der Waals surface area (Å²) in [5.74, 6) is -0.616. The van der Waals surface area contributed by atoms with Gasteiger partial charge in [-0.1, -0.05) is 41.5 Å². The lowest BCUT2D eigenvalue weighted by molar-refractivity contribution is 0.0438. The average molecular weight is 421 g/mol. The quantitative estimate of drug-likeness (QED) is 0.337. The summed E-state index contributed by atoms with van der Waals surface area (Å²) in [7, 11) is 0. The third-order valence-electron chi connectivity index (χ3n) is 4.48. The number of hydrogen-bond donors (Lipinski definition) is 0. The van der Waals surface area contributed by atoms with Crippen molar-refractivity contribution in [3.63, 3.8) is 0 Å². The van der Waals surface area contributed by atoms with Crippen LogP contribution < -0.4 is 0 Å². The first-order valence-corrected chi connectivity index (χ1v) is 10.8. The molecule has 0 unspecified atom stereocenters. The zero-order valence-electron chi connectivity index (χ0n) is 19.2. The first kappa shape index (κ1) is 25.7. The molecule has 0 aromatic heterocycles.